The molecule has 144 valence electrons. The van der Waals surface area contributed by atoms with E-state index in [1.165, 1.54) is 6.08 Å². The average molecular weight is 403 g/mol. The first kappa shape index (κ1) is 18.6. The van der Waals surface area contributed by atoms with Crippen LogP contribution in [0.2, 0.25) is 0 Å². The second kappa shape index (κ2) is 8.49. The maximum Gasteiger partial charge on any atom is 0.248 e. The lowest BCUT2D eigenvalue weighted by Gasteiger charge is -2.07. The van der Waals surface area contributed by atoms with E-state index in [9.17, 15) is 4.79 Å². The lowest BCUT2D eigenvalue weighted by molar-refractivity contribution is -0.111. The fourth-order valence-corrected chi connectivity index (χ4v) is 3.19. The van der Waals surface area contributed by atoms with E-state index in [1.54, 1.807) is 53.9 Å². The van der Waals surface area contributed by atoms with E-state index in [4.69, 9.17) is 4.74 Å². The molecular weight excluding hydrogens is 386 g/mol. The predicted molar refractivity (Wildman–Crippen MR) is 112 cm³/mol. The third-order valence-electron chi connectivity index (χ3n) is 3.98. The summed E-state index contributed by atoms with van der Waals surface area (Å²) in [7, 11) is 0. The van der Waals surface area contributed by atoms with Gasteiger partial charge in [0.2, 0.25) is 11.8 Å². The van der Waals surface area contributed by atoms with Crippen LogP contribution in [0.3, 0.4) is 0 Å². The number of ether oxygens (including phenoxy) is 1. The molecule has 29 heavy (non-hydrogen) atoms. The van der Waals surface area contributed by atoms with Crippen LogP contribution in [0.1, 0.15) is 10.7 Å². The van der Waals surface area contributed by atoms with Crippen LogP contribution in [0.5, 0.6) is 11.6 Å². The third kappa shape index (κ3) is 4.74. The lowest BCUT2D eigenvalue weighted by Crippen LogP contribution is -2.07. The third-order valence-corrected chi connectivity index (χ3v) is 4.82. The molecular formula is C21H17N5O2S. The summed E-state index contributed by atoms with van der Waals surface area (Å²) in [6.45, 7) is 1.89. The van der Waals surface area contributed by atoms with Crippen molar-refractivity contribution in [2.75, 3.05) is 5.32 Å². The van der Waals surface area contributed by atoms with Crippen molar-refractivity contribution in [2.24, 2.45) is 0 Å². The molecule has 0 bridgehead atoms. The molecule has 0 aliphatic heterocycles. The number of anilines is 1. The molecule has 0 saturated heterocycles. The molecule has 1 amide bonds. The highest BCUT2D eigenvalue weighted by Crippen LogP contribution is 2.22. The minimum Gasteiger partial charge on any atom is -0.438 e. The van der Waals surface area contributed by atoms with Gasteiger partial charge < -0.3 is 10.1 Å². The summed E-state index contributed by atoms with van der Waals surface area (Å²) in [6, 6.07) is 14.5. The summed E-state index contributed by atoms with van der Waals surface area (Å²) in [6.07, 6.45) is 6.82. The number of hydrogen-bond donors (Lipinski definition) is 1. The van der Waals surface area contributed by atoms with Gasteiger partial charge in [0.05, 0.1) is 0 Å². The van der Waals surface area contributed by atoms with Crippen molar-refractivity contribution < 1.29 is 9.53 Å². The Morgan fingerprint density at radius 2 is 2.00 bits per heavy atom. The van der Waals surface area contributed by atoms with Gasteiger partial charge in [-0.3, -0.25) is 9.36 Å². The van der Waals surface area contributed by atoms with Crippen LogP contribution in [0.25, 0.3) is 11.9 Å². The van der Waals surface area contributed by atoms with E-state index in [1.807, 2.05) is 41.3 Å². The van der Waals surface area contributed by atoms with Gasteiger partial charge in [0.15, 0.2) is 5.82 Å². The fraction of sp³-hybridized carbons (Fsp3) is 0.0476. The molecule has 0 aliphatic rings. The molecule has 8 heteroatoms. The number of aryl methyl sites for hydroxylation is 1. The number of amides is 1. The summed E-state index contributed by atoms with van der Waals surface area (Å²) < 4.78 is 7.55. The molecule has 1 N–H and O–H groups in total. The van der Waals surface area contributed by atoms with Crippen LogP contribution < -0.4 is 10.1 Å². The molecule has 4 aromatic rings. The van der Waals surface area contributed by atoms with Crippen molar-refractivity contribution in [1.82, 2.24) is 19.7 Å². The Hall–Kier alpha value is -3.78. The number of imidazole rings is 1. The summed E-state index contributed by atoms with van der Waals surface area (Å²) in [4.78, 5) is 17.2. The van der Waals surface area contributed by atoms with Gasteiger partial charge in [-0.25, -0.2) is 4.98 Å². The van der Waals surface area contributed by atoms with Crippen LogP contribution in [0.15, 0.2) is 72.4 Å². The van der Waals surface area contributed by atoms with Crippen molar-refractivity contribution in [2.45, 2.75) is 6.92 Å². The van der Waals surface area contributed by atoms with Gasteiger partial charge in [0.1, 0.15) is 11.6 Å². The Labute approximate surface area is 171 Å². The van der Waals surface area contributed by atoms with E-state index < -0.39 is 0 Å². The second-order valence-corrected chi connectivity index (χ2v) is 7.02. The van der Waals surface area contributed by atoms with E-state index >= 15 is 0 Å². The molecule has 4 rings (SSSR count). The summed E-state index contributed by atoms with van der Waals surface area (Å²) in [5.74, 6) is 2.28. The largest absolute Gasteiger partial charge is 0.438 e. The van der Waals surface area contributed by atoms with Gasteiger partial charge in [-0.2, -0.15) is 0 Å². The smallest absolute Gasteiger partial charge is 0.248 e. The molecule has 3 heterocycles. The maximum absolute atomic E-state index is 12.0. The van der Waals surface area contributed by atoms with Gasteiger partial charge in [-0.1, -0.05) is 6.07 Å². The zero-order valence-corrected chi connectivity index (χ0v) is 16.3. The first-order valence-electron chi connectivity index (χ1n) is 8.82. The van der Waals surface area contributed by atoms with Gasteiger partial charge in [0, 0.05) is 35.1 Å². The molecule has 1 aromatic carbocycles. The quantitative estimate of drug-likeness (QED) is 0.480. The number of thiophene rings is 1. The molecule has 0 spiro atoms. The minimum absolute atomic E-state index is 0.191. The van der Waals surface area contributed by atoms with E-state index in [-0.39, 0.29) is 5.91 Å². The fourth-order valence-electron chi connectivity index (χ4n) is 2.57. The Morgan fingerprint density at radius 3 is 2.66 bits per heavy atom. The molecule has 3 aromatic heterocycles. The Bertz CT molecular complexity index is 1120. The van der Waals surface area contributed by atoms with Crippen LogP contribution >= 0.6 is 11.3 Å². The number of hydrogen-bond acceptors (Lipinski definition) is 6. The molecule has 0 atom stereocenters. The van der Waals surface area contributed by atoms with Crippen molar-refractivity contribution in [3.8, 4) is 17.4 Å². The number of nitrogens with zero attached hydrogens (tertiary/aromatic N) is 4. The first-order chi connectivity index (χ1) is 14.2. The van der Waals surface area contributed by atoms with Gasteiger partial charge in [0.25, 0.3) is 0 Å². The monoisotopic (exact) mass is 403 g/mol. The number of carbonyl (C=O) groups excluding carboxylic acids is 1. The molecule has 0 saturated carbocycles. The van der Waals surface area contributed by atoms with Crippen LogP contribution in [0, 0.1) is 6.92 Å². The average Bonchev–Trinajstić information content (AvgIpc) is 3.40. The van der Waals surface area contributed by atoms with E-state index in [0.717, 1.165) is 10.7 Å². The number of aromatic nitrogens is 4. The van der Waals surface area contributed by atoms with Crippen LogP contribution in [0.4, 0.5) is 5.69 Å². The predicted octanol–water partition coefficient (Wildman–Crippen LogP) is 4.48. The highest BCUT2D eigenvalue weighted by molar-refractivity contribution is 7.10. The van der Waals surface area contributed by atoms with Gasteiger partial charge in [-0.05, 0) is 54.8 Å². The Balaban J connectivity index is 1.35. The Morgan fingerprint density at radius 1 is 1.14 bits per heavy atom. The molecule has 0 radical (unpaired) electrons. The first-order valence-corrected chi connectivity index (χ1v) is 9.70. The van der Waals surface area contributed by atoms with Crippen molar-refractivity contribution in [3.63, 3.8) is 0 Å². The van der Waals surface area contributed by atoms with E-state index in [0.29, 0.717) is 23.1 Å². The van der Waals surface area contributed by atoms with Gasteiger partial charge >= 0.3 is 0 Å². The zero-order valence-electron chi connectivity index (χ0n) is 15.5. The SMILES string of the molecule is Cc1nccn1-c1ccc(Oc2ccc(NC(=O)/C=C/c3cccs3)cc2)nn1. The highest BCUT2D eigenvalue weighted by atomic mass is 32.1. The number of nitrogens with one attached hydrogen (secondary N) is 1. The van der Waals surface area contributed by atoms with Crippen LogP contribution in [-0.4, -0.2) is 25.7 Å². The molecule has 0 unspecified atom stereocenters. The minimum atomic E-state index is -0.191. The van der Waals surface area contributed by atoms with Crippen molar-refractivity contribution in [1.29, 1.82) is 0 Å². The zero-order chi connectivity index (χ0) is 20.1. The van der Waals surface area contributed by atoms with E-state index in [2.05, 4.69) is 20.5 Å². The summed E-state index contributed by atoms with van der Waals surface area (Å²) in [5.41, 5.74) is 0.676. The molecule has 7 nitrogen and oxygen atoms in total. The standard InChI is InChI=1S/C21H17N5O2S/c1-15-22-12-13-26(15)19-9-11-21(25-24-19)28-17-6-4-16(5-7-17)23-20(27)10-8-18-3-2-14-29-18/h2-14H,1H3,(H,23,27)/b10-8+. The van der Waals surface area contributed by atoms with Crippen molar-refractivity contribution in [3.05, 3.63) is 83.1 Å². The Kier molecular flexibility index (Phi) is 5.44. The summed E-state index contributed by atoms with van der Waals surface area (Å²) in [5, 5.41) is 13.0. The lowest BCUT2D eigenvalue weighted by atomic mass is 10.3. The van der Waals surface area contributed by atoms with Crippen molar-refractivity contribution >= 4 is 29.0 Å². The topological polar surface area (TPSA) is 81.9 Å². The number of benzene rings is 1. The highest BCUT2D eigenvalue weighted by Gasteiger charge is 2.05. The number of carbonyl (C=O) groups is 1. The number of rotatable bonds is 6. The molecule has 0 aliphatic carbocycles. The molecule has 0 fully saturated rings. The van der Waals surface area contributed by atoms with Gasteiger partial charge in [-0.15, -0.1) is 21.5 Å². The second-order valence-electron chi connectivity index (χ2n) is 6.04. The maximum atomic E-state index is 12.0. The van der Waals surface area contributed by atoms with Crippen LogP contribution in [-0.2, 0) is 4.79 Å². The normalized spacial score (nSPS) is 10.9. The summed E-state index contributed by atoms with van der Waals surface area (Å²) >= 11 is 1.58.